The van der Waals surface area contributed by atoms with Crippen LogP contribution in [0.2, 0.25) is 0 Å². The summed E-state index contributed by atoms with van der Waals surface area (Å²) in [6, 6.07) is 4.69. The first kappa shape index (κ1) is 14.0. The van der Waals surface area contributed by atoms with Crippen LogP contribution in [0.1, 0.15) is 25.3 Å². The maximum Gasteiger partial charge on any atom is 0.173 e. The summed E-state index contributed by atoms with van der Waals surface area (Å²) >= 11 is 2.92. The maximum absolute atomic E-state index is 14.1. The number of nitrogens with two attached hydrogens (primary N) is 1. The standard InChI is InChI=1S/C14H11BrF2N4/c1-14(4-5-14)21-13(19)8(6-18)12(20-21)7-2-3-9(15)11(17)10(7)16/h2-3H,4-5,19H2,1H3. The number of benzene rings is 1. The van der Waals surface area contributed by atoms with E-state index in [2.05, 4.69) is 21.0 Å². The molecule has 0 amide bonds. The second-order valence-corrected chi connectivity index (χ2v) is 6.21. The van der Waals surface area contributed by atoms with Crippen LogP contribution in [0.4, 0.5) is 14.6 Å². The quantitative estimate of drug-likeness (QED) is 0.840. The summed E-state index contributed by atoms with van der Waals surface area (Å²) in [5, 5.41) is 13.5. The summed E-state index contributed by atoms with van der Waals surface area (Å²) in [5.41, 5.74) is 5.79. The molecule has 1 fully saturated rings. The van der Waals surface area contributed by atoms with Gasteiger partial charge in [-0.1, -0.05) is 0 Å². The molecule has 0 aliphatic heterocycles. The lowest BCUT2D eigenvalue weighted by Gasteiger charge is -2.10. The summed E-state index contributed by atoms with van der Waals surface area (Å²) in [6.45, 7) is 1.96. The molecule has 1 aliphatic rings. The molecule has 0 bridgehead atoms. The highest BCUT2D eigenvalue weighted by atomic mass is 79.9. The van der Waals surface area contributed by atoms with Crippen LogP contribution < -0.4 is 5.73 Å². The van der Waals surface area contributed by atoms with E-state index < -0.39 is 11.6 Å². The molecular formula is C14H11BrF2N4. The molecule has 108 valence electrons. The Hall–Kier alpha value is -1.94. The number of rotatable bonds is 2. The molecule has 0 unspecified atom stereocenters. The third-order valence-corrected chi connectivity index (χ3v) is 4.42. The minimum Gasteiger partial charge on any atom is -0.383 e. The first-order valence-corrected chi connectivity index (χ1v) is 7.11. The molecule has 0 spiro atoms. The van der Waals surface area contributed by atoms with E-state index >= 15 is 0 Å². The van der Waals surface area contributed by atoms with Gasteiger partial charge in [-0.2, -0.15) is 10.4 Å². The molecule has 1 aromatic carbocycles. The van der Waals surface area contributed by atoms with Gasteiger partial charge in [-0.3, -0.25) is 0 Å². The van der Waals surface area contributed by atoms with Crippen molar-refractivity contribution in [3.63, 3.8) is 0 Å². The van der Waals surface area contributed by atoms with Crippen molar-refractivity contribution in [1.82, 2.24) is 9.78 Å². The second-order valence-electron chi connectivity index (χ2n) is 5.35. The SMILES string of the molecule is CC1(n2nc(-c3ccc(Br)c(F)c3F)c(C#N)c2N)CC1. The fourth-order valence-electron chi connectivity index (χ4n) is 2.24. The number of anilines is 1. The Kier molecular flexibility index (Phi) is 3.02. The normalized spacial score (nSPS) is 15.8. The lowest BCUT2D eigenvalue weighted by atomic mass is 10.1. The fraction of sp³-hybridized carbons (Fsp3) is 0.286. The Morgan fingerprint density at radius 2 is 2.05 bits per heavy atom. The molecular weight excluding hydrogens is 342 g/mol. The Labute approximate surface area is 128 Å². The summed E-state index contributed by atoms with van der Waals surface area (Å²) in [5.74, 6) is -1.87. The van der Waals surface area contributed by atoms with E-state index in [1.54, 1.807) is 4.68 Å². The van der Waals surface area contributed by atoms with Crippen LogP contribution in [0.5, 0.6) is 0 Å². The first-order chi connectivity index (χ1) is 9.89. The molecule has 0 atom stereocenters. The molecule has 2 aromatic rings. The van der Waals surface area contributed by atoms with E-state index in [1.165, 1.54) is 12.1 Å². The van der Waals surface area contributed by atoms with Crippen molar-refractivity contribution in [1.29, 1.82) is 5.26 Å². The largest absolute Gasteiger partial charge is 0.383 e. The number of hydrogen-bond donors (Lipinski definition) is 1. The van der Waals surface area contributed by atoms with Gasteiger partial charge in [0.05, 0.1) is 10.0 Å². The molecule has 0 saturated heterocycles. The molecule has 1 saturated carbocycles. The molecule has 2 N–H and O–H groups in total. The van der Waals surface area contributed by atoms with Gasteiger partial charge in [-0.25, -0.2) is 13.5 Å². The smallest absolute Gasteiger partial charge is 0.173 e. The number of nitriles is 1. The van der Waals surface area contributed by atoms with E-state index in [0.29, 0.717) is 0 Å². The van der Waals surface area contributed by atoms with Crippen molar-refractivity contribution in [2.45, 2.75) is 25.3 Å². The Balaban J connectivity index is 2.25. The number of halogens is 3. The van der Waals surface area contributed by atoms with Gasteiger partial charge in [0.15, 0.2) is 11.6 Å². The Bertz CT molecular complexity index is 787. The lowest BCUT2D eigenvalue weighted by molar-refractivity contribution is 0.480. The van der Waals surface area contributed by atoms with E-state index in [-0.39, 0.29) is 32.7 Å². The van der Waals surface area contributed by atoms with Crippen molar-refractivity contribution in [2.75, 3.05) is 5.73 Å². The highest BCUT2D eigenvalue weighted by molar-refractivity contribution is 9.10. The molecule has 4 nitrogen and oxygen atoms in total. The van der Waals surface area contributed by atoms with Gasteiger partial charge in [0.2, 0.25) is 0 Å². The van der Waals surface area contributed by atoms with Crippen molar-refractivity contribution < 1.29 is 8.78 Å². The minimum atomic E-state index is -1.05. The summed E-state index contributed by atoms with van der Waals surface area (Å²) in [4.78, 5) is 0. The average molecular weight is 353 g/mol. The van der Waals surface area contributed by atoms with Gasteiger partial charge in [0, 0.05) is 5.56 Å². The fourth-order valence-corrected chi connectivity index (χ4v) is 2.55. The van der Waals surface area contributed by atoms with Gasteiger partial charge < -0.3 is 5.73 Å². The highest BCUT2D eigenvalue weighted by Gasteiger charge is 2.43. The summed E-state index contributed by atoms with van der Waals surface area (Å²) in [6.07, 6.45) is 1.78. The molecule has 1 aromatic heterocycles. The Morgan fingerprint density at radius 1 is 1.38 bits per heavy atom. The molecule has 1 aliphatic carbocycles. The van der Waals surface area contributed by atoms with E-state index in [1.807, 2.05) is 13.0 Å². The van der Waals surface area contributed by atoms with E-state index in [4.69, 9.17) is 5.73 Å². The second kappa shape index (κ2) is 4.53. The summed E-state index contributed by atoms with van der Waals surface area (Å²) < 4.78 is 29.4. The monoisotopic (exact) mass is 352 g/mol. The summed E-state index contributed by atoms with van der Waals surface area (Å²) in [7, 11) is 0. The van der Waals surface area contributed by atoms with Crippen LogP contribution in [0.3, 0.4) is 0 Å². The minimum absolute atomic E-state index is 0.0174. The first-order valence-electron chi connectivity index (χ1n) is 6.32. The predicted octanol–water partition coefficient (Wildman–Crippen LogP) is 3.55. The topological polar surface area (TPSA) is 67.6 Å². The van der Waals surface area contributed by atoms with E-state index in [0.717, 1.165) is 12.8 Å². The molecule has 3 rings (SSSR count). The van der Waals surface area contributed by atoms with Crippen molar-refractivity contribution in [3.8, 4) is 17.3 Å². The van der Waals surface area contributed by atoms with Crippen LogP contribution in [-0.2, 0) is 5.54 Å². The molecule has 1 heterocycles. The molecule has 0 radical (unpaired) electrons. The Morgan fingerprint density at radius 3 is 2.62 bits per heavy atom. The van der Waals surface area contributed by atoms with Gasteiger partial charge in [-0.15, -0.1) is 0 Å². The van der Waals surface area contributed by atoms with Crippen molar-refractivity contribution >= 4 is 21.7 Å². The zero-order valence-corrected chi connectivity index (χ0v) is 12.7. The van der Waals surface area contributed by atoms with Gasteiger partial charge in [0.25, 0.3) is 0 Å². The van der Waals surface area contributed by atoms with Crippen molar-refractivity contribution in [2.24, 2.45) is 0 Å². The van der Waals surface area contributed by atoms with Crippen LogP contribution in [0, 0.1) is 23.0 Å². The third-order valence-electron chi connectivity index (χ3n) is 3.81. The maximum atomic E-state index is 14.1. The van der Waals surface area contributed by atoms with Crippen LogP contribution in [0.15, 0.2) is 16.6 Å². The van der Waals surface area contributed by atoms with E-state index in [9.17, 15) is 14.0 Å². The van der Waals surface area contributed by atoms with Crippen LogP contribution in [0.25, 0.3) is 11.3 Å². The highest BCUT2D eigenvalue weighted by Crippen LogP contribution is 2.45. The number of hydrogen-bond acceptors (Lipinski definition) is 3. The predicted molar refractivity (Wildman–Crippen MR) is 77.3 cm³/mol. The third kappa shape index (κ3) is 2.02. The van der Waals surface area contributed by atoms with Crippen molar-refractivity contribution in [3.05, 3.63) is 33.8 Å². The lowest BCUT2D eigenvalue weighted by Crippen LogP contribution is -2.16. The van der Waals surface area contributed by atoms with Gasteiger partial charge >= 0.3 is 0 Å². The number of nitrogen functional groups attached to an aromatic ring is 1. The zero-order valence-electron chi connectivity index (χ0n) is 11.1. The van der Waals surface area contributed by atoms with Gasteiger partial charge in [0.1, 0.15) is 23.1 Å². The zero-order chi connectivity index (χ0) is 15.4. The molecule has 7 heteroatoms. The van der Waals surface area contributed by atoms with Gasteiger partial charge in [-0.05, 0) is 47.8 Å². The number of aromatic nitrogens is 2. The molecule has 21 heavy (non-hydrogen) atoms. The van der Waals surface area contributed by atoms with Crippen LogP contribution >= 0.6 is 15.9 Å². The average Bonchev–Trinajstić information content (AvgIpc) is 3.10. The number of nitrogens with zero attached hydrogens (tertiary/aromatic N) is 3. The van der Waals surface area contributed by atoms with Crippen LogP contribution in [-0.4, -0.2) is 9.78 Å².